The third kappa shape index (κ3) is 0.962. The Kier molecular flexibility index (Phi) is 1.47. The quantitative estimate of drug-likeness (QED) is 0.519. The van der Waals surface area contributed by atoms with Gasteiger partial charge in [-0.15, -0.1) is 0 Å². The highest BCUT2D eigenvalue weighted by molar-refractivity contribution is 5.85. The molecule has 1 heteroatoms. The molecule has 3 aliphatic carbocycles. The van der Waals surface area contributed by atoms with Crippen LogP contribution in [0.25, 0.3) is 0 Å². The maximum atomic E-state index is 11.7. The molecule has 0 aromatic heterocycles. The van der Waals surface area contributed by atoms with Gasteiger partial charge in [-0.1, -0.05) is 12.2 Å². The molecule has 2 bridgehead atoms. The lowest BCUT2D eigenvalue weighted by Crippen LogP contribution is -2.31. The van der Waals surface area contributed by atoms with E-state index in [4.69, 9.17) is 0 Å². The highest BCUT2D eigenvalue weighted by atomic mass is 16.1. The highest BCUT2D eigenvalue weighted by Gasteiger charge is 2.51. The Labute approximate surface area is 79.2 Å². The fraction of sp³-hybridized carbons (Fsp3) is 0.750. The van der Waals surface area contributed by atoms with Gasteiger partial charge in [0.05, 0.1) is 0 Å². The number of Topliss-reactive ketones (excluding diaryl/α,β-unsaturated/α-hetero) is 1. The van der Waals surface area contributed by atoms with Gasteiger partial charge in [0.25, 0.3) is 0 Å². The van der Waals surface area contributed by atoms with Crippen LogP contribution in [0.4, 0.5) is 0 Å². The van der Waals surface area contributed by atoms with Crippen LogP contribution in [0.1, 0.15) is 38.5 Å². The van der Waals surface area contributed by atoms with E-state index >= 15 is 0 Å². The van der Waals surface area contributed by atoms with Crippen molar-refractivity contribution in [1.29, 1.82) is 0 Å². The van der Waals surface area contributed by atoms with Crippen molar-refractivity contribution < 1.29 is 4.79 Å². The number of ketones is 1. The summed E-state index contributed by atoms with van der Waals surface area (Å²) in [7, 11) is 0. The molecule has 13 heavy (non-hydrogen) atoms. The van der Waals surface area contributed by atoms with Crippen LogP contribution >= 0.6 is 0 Å². The summed E-state index contributed by atoms with van der Waals surface area (Å²) in [5.74, 6) is 1.81. The van der Waals surface area contributed by atoms with Crippen molar-refractivity contribution in [3.8, 4) is 0 Å². The summed E-state index contributed by atoms with van der Waals surface area (Å²) in [5, 5.41) is 0. The maximum absolute atomic E-state index is 11.7. The lowest BCUT2D eigenvalue weighted by Gasteiger charge is -2.40. The smallest absolute Gasteiger partial charge is 0.136 e. The second-order valence-corrected chi connectivity index (χ2v) is 5.03. The van der Waals surface area contributed by atoms with E-state index < -0.39 is 0 Å². The first-order valence-electron chi connectivity index (χ1n) is 5.51. The Morgan fingerprint density at radius 3 is 3.15 bits per heavy atom. The molecule has 0 radical (unpaired) electrons. The molecule has 2 saturated carbocycles. The van der Waals surface area contributed by atoms with Gasteiger partial charge in [-0.25, -0.2) is 0 Å². The number of hydrogen-bond acceptors (Lipinski definition) is 1. The third-order valence-electron chi connectivity index (χ3n) is 4.39. The predicted molar refractivity (Wildman–Crippen MR) is 51.3 cm³/mol. The highest BCUT2D eigenvalue weighted by Crippen LogP contribution is 2.56. The summed E-state index contributed by atoms with van der Waals surface area (Å²) in [6, 6.07) is 0. The van der Waals surface area contributed by atoms with Gasteiger partial charge in [0.2, 0.25) is 0 Å². The number of hydrogen-bond donors (Lipinski definition) is 0. The molecular weight excluding hydrogens is 160 g/mol. The van der Waals surface area contributed by atoms with Crippen LogP contribution in [0.3, 0.4) is 0 Å². The Morgan fingerprint density at radius 2 is 2.23 bits per heavy atom. The number of rotatable bonds is 0. The van der Waals surface area contributed by atoms with Crippen molar-refractivity contribution in [3.63, 3.8) is 0 Å². The van der Waals surface area contributed by atoms with Gasteiger partial charge in [0.1, 0.15) is 5.78 Å². The van der Waals surface area contributed by atoms with Gasteiger partial charge in [0.15, 0.2) is 0 Å². The predicted octanol–water partition coefficient (Wildman–Crippen LogP) is 2.71. The summed E-state index contributed by atoms with van der Waals surface area (Å²) < 4.78 is 0. The van der Waals surface area contributed by atoms with Crippen molar-refractivity contribution in [1.82, 2.24) is 0 Å². The summed E-state index contributed by atoms with van der Waals surface area (Å²) in [6.45, 7) is 0. The zero-order chi connectivity index (χ0) is 8.89. The topological polar surface area (TPSA) is 17.1 Å². The van der Waals surface area contributed by atoms with E-state index in [2.05, 4.69) is 12.2 Å². The first kappa shape index (κ1) is 7.78. The molecule has 0 aromatic rings. The minimum absolute atomic E-state index is 0.332. The van der Waals surface area contributed by atoms with E-state index in [-0.39, 0.29) is 0 Å². The number of allylic oxidation sites excluding steroid dienone is 2. The SMILES string of the molecule is O=C1CC23C=CCCC2CCC1C3. The average Bonchev–Trinajstić information content (AvgIpc) is 2.38. The van der Waals surface area contributed by atoms with Crippen LogP contribution in [0.15, 0.2) is 12.2 Å². The maximum Gasteiger partial charge on any atom is 0.136 e. The minimum Gasteiger partial charge on any atom is -0.299 e. The molecule has 3 aliphatic rings. The van der Waals surface area contributed by atoms with Crippen LogP contribution in [-0.2, 0) is 4.79 Å². The lowest BCUT2D eigenvalue weighted by atomic mass is 9.64. The molecule has 0 heterocycles. The van der Waals surface area contributed by atoms with Crippen molar-refractivity contribution in [2.75, 3.05) is 0 Å². The molecule has 3 unspecified atom stereocenters. The van der Waals surface area contributed by atoms with Crippen LogP contribution < -0.4 is 0 Å². The van der Waals surface area contributed by atoms with Gasteiger partial charge >= 0.3 is 0 Å². The van der Waals surface area contributed by atoms with E-state index in [0.717, 1.165) is 12.3 Å². The molecule has 70 valence electrons. The molecule has 2 fully saturated rings. The van der Waals surface area contributed by atoms with E-state index in [0.29, 0.717) is 17.1 Å². The second kappa shape index (κ2) is 2.46. The van der Waals surface area contributed by atoms with Gasteiger partial charge in [-0.2, -0.15) is 0 Å². The minimum atomic E-state index is 0.332. The Balaban J connectivity index is 2.01. The van der Waals surface area contributed by atoms with Crippen LogP contribution in [0.2, 0.25) is 0 Å². The number of carbonyl (C=O) groups excluding carboxylic acids is 1. The Bertz CT molecular complexity index is 279. The van der Waals surface area contributed by atoms with Crippen molar-refractivity contribution in [2.24, 2.45) is 17.3 Å². The molecule has 0 saturated heterocycles. The van der Waals surface area contributed by atoms with E-state index in [9.17, 15) is 4.79 Å². The Morgan fingerprint density at radius 1 is 1.31 bits per heavy atom. The fourth-order valence-electron chi connectivity index (χ4n) is 3.69. The summed E-state index contributed by atoms with van der Waals surface area (Å²) in [4.78, 5) is 11.7. The molecule has 0 amide bonds. The summed E-state index contributed by atoms with van der Waals surface area (Å²) in [6.07, 6.45) is 11.8. The zero-order valence-corrected chi connectivity index (χ0v) is 7.96. The van der Waals surface area contributed by atoms with E-state index in [1.54, 1.807) is 0 Å². The van der Waals surface area contributed by atoms with E-state index in [1.807, 2.05) is 0 Å². The first-order valence-corrected chi connectivity index (χ1v) is 5.51. The average molecular weight is 176 g/mol. The molecule has 3 rings (SSSR count). The second-order valence-electron chi connectivity index (χ2n) is 5.03. The molecule has 1 nitrogen and oxygen atoms in total. The summed E-state index contributed by atoms with van der Waals surface area (Å²) >= 11 is 0. The van der Waals surface area contributed by atoms with Gasteiger partial charge in [-0.3, -0.25) is 4.79 Å². The molecule has 0 N–H and O–H groups in total. The summed E-state index contributed by atoms with van der Waals surface area (Å²) in [5.41, 5.74) is 0.332. The molecule has 0 aliphatic heterocycles. The van der Waals surface area contributed by atoms with Crippen molar-refractivity contribution >= 4 is 5.78 Å². The van der Waals surface area contributed by atoms with Gasteiger partial charge in [0, 0.05) is 12.3 Å². The normalized spacial score (nSPS) is 47.8. The fourth-order valence-corrected chi connectivity index (χ4v) is 3.69. The monoisotopic (exact) mass is 176 g/mol. The van der Waals surface area contributed by atoms with Crippen LogP contribution in [0.5, 0.6) is 0 Å². The van der Waals surface area contributed by atoms with Crippen LogP contribution in [-0.4, -0.2) is 5.78 Å². The van der Waals surface area contributed by atoms with Gasteiger partial charge < -0.3 is 0 Å². The van der Waals surface area contributed by atoms with Crippen molar-refractivity contribution in [3.05, 3.63) is 12.2 Å². The Hall–Kier alpha value is -0.590. The number of carbonyl (C=O) groups is 1. The third-order valence-corrected chi connectivity index (χ3v) is 4.39. The first-order chi connectivity index (χ1) is 6.30. The van der Waals surface area contributed by atoms with E-state index in [1.165, 1.54) is 32.1 Å². The largest absolute Gasteiger partial charge is 0.299 e. The molecular formula is C12H16O. The molecule has 0 aromatic carbocycles. The standard InChI is InChI=1S/C12H16O/c13-11-8-12-6-2-1-3-10(12)5-4-9(11)7-12/h2,6,9-10H,1,3-5,7-8H2. The molecule has 1 spiro atoms. The van der Waals surface area contributed by atoms with Crippen molar-refractivity contribution in [2.45, 2.75) is 38.5 Å². The molecule has 3 atom stereocenters. The zero-order valence-electron chi connectivity index (χ0n) is 7.96. The lowest BCUT2D eigenvalue weighted by molar-refractivity contribution is -0.120. The number of fused-ring (bicyclic) bond motifs is 1. The van der Waals surface area contributed by atoms with Crippen LogP contribution in [0, 0.1) is 17.3 Å². The van der Waals surface area contributed by atoms with Gasteiger partial charge in [-0.05, 0) is 43.4 Å².